The number of nitrogens with zero attached hydrogens (tertiary/aromatic N) is 1. The number of amides is 3. The molecular weight excluding hydrogens is 262 g/mol. The van der Waals surface area contributed by atoms with Crippen molar-refractivity contribution in [1.82, 2.24) is 15.5 Å². The summed E-state index contributed by atoms with van der Waals surface area (Å²) in [7, 11) is 1.47. The maximum Gasteiger partial charge on any atom is 0.326 e. The highest BCUT2D eigenvalue weighted by Crippen LogP contribution is 2.18. The van der Waals surface area contributed by atoms with Crippen molar-refractivity contribution in [3.05, 3.63) is 0 Å². The average Bonchev–Trinajstić information content (AvgIpc) is 3.10. The van der Waals surface area contributed by atoms with Crippen molar-refractivity contribution in [2.45, 2.75) is 45.2 Å². The Hall–Kier alpha value is -1.79. The molecule has 0 aliphatic heterocycles. The van der Waals surface area contributed by atoms with E-state index in [1.54, 1.807) is 0 Å². The minimum atomic E-state index is -1.07. The van der Waals surface area contributed by atoms with Gasteiger partial charge >= 0.3 is 12.0 Å². The van der Waals surface area contributed by atoms with Crippen LogP contribution in [0.25, 0.3) is 0 Å². The molecule has 3 amide bonds. The van der Waals surface area contributed by atoms with E-state index in [0.29, 0.717) is 6.42 Å². The van der Waals surface area contributed by atoms with Crippen LogP contribution in [0.4, 0.5) is 4.79 Å². The van der Waals surface area contributed by atoms with Gasteiger partial charge in [0.1, 0.15) is 12.6 Å². The molecule has 20 heavy (non-hydrogen) atoms. The van der Waals surface area contributed by atoms with Crippen LogP contribution in [0.15, 0.2) is 0 Å². The SMILES string of the molecule is CC(C)C[C@H](NC(=O)N(C)CC(=O)NC1CC1)C(=O)O. The van der Waals surface area contributed by atoms with Crippen molar-refractivity contribution in [2.75, 3.05) is 13.6 Å². The largest absolute Gasteiger partial charge is 0.480 e. The van der Waals surface area contributed by atoms with E-state index in [2.05, 4.69) is 10.6 Å². The first-order valence-corrected chi connectivity index (χ1v) is 6.83. The topological polar surface area (TPSA) is 98.7 Å². The molecule has 0 aromatic carbocycles. The van der Waals surface area contributed by atoms with Gasteiger partial charge in [0.05, 0.1) is 0 Å². The third-order valence-electron chi connectivity index (χ3n) is 2.97. The highest BCUT2D eigenvalue weighted by molar-refractivity contribution is 5.86. The fourth-order valence-electron chi connectivity index (χ4n) is 1.74. The van der Waals surface area contributed by atoms with Gasteiger partial charge in [0.2, 0.25) is 5.91 Å². The second kappa shape index (κ2) is 7.12. The molecule has 0 bridgehead atoms. The number of urea groups is 1. The average molecular weight is 285 g/mol. The predicted octanol–water partition coefficient (Wildman–Crippen LogP) is 0.406. The Morgan fingerprint density at radius 2 is 1.90 bits per heavy atom. The van der Waals surface area contributed by atoms with E-state index >= 15 is 0 Å². The number of rotatable bonds is 7. The van der Waals surface area contributed by atoms with E-state index in [1.807, 2.05) is 13.8 Å². The quantitative estimate of drug-likeness (QED) is 0.630. The van der Waals surface area contributed by atoms with Crippen LogP contribution in [-0.2, 0) is 9.59 Å². The summed E-state index contributed by atoms with van der Waals surface area (Å²) in [4.78, 5) is 35.6. The lowest BCUT2D eigenvalue weighted by molar-refractivity contribution is -0.139. The lowest BCUT2D eigenvalue weighted by Gasteiger charge is -2.22. The van der Waals surface area contributed by atoms with E-state index in [-0.39, 0.29) is 24.4 Å². The zero-order valence-corrected chi connectivity index (χ0v) is 12.2. The summed E-state index contributed by atoms with van der Waals surface area (Å²) in [6.07, 6.45) is 2.32. The molecule has 1 rings (SSSR count). The lowest BCUT2D eigenvalue weighted by atomic mass is 10.0. The fourth-order valence-corrected chi connectivity index (χ4v) is 1.74. The summed E-state index contributed by atoms with van der Waals surface area (Å²) in [5.74, 6) is -1.14. The van der Waals surface area contributed by atoms with Crippen molar-refractivity contribution >= 4 is 17.9 Å². The van der Waals surface area contributed by atoms with Gasteiger partial charge in [0.25, 0.3) is 0 Å². The number of hydrogen-bond donors (Lipinski definition) is 3. The maximum absolute atomic E-state index is 11.8. The number of hydrogen-bond acceptors (Lipinski definition) is 3. The second-order valence-electron chi connectivity index (χ2n) is 5.67. The zero-order valence-electron chi connectivity index (χ0n) is 12.2. The van der Waals surface area contributed by atoms with Crippen molar-refractivity contribution < 1.29 is 19.5 Å². The molecule has 0 aromatic rings. The Morgan fingerprint density at radius 3 is 2.35 bits per heavy atom. The molecule has 0 spiro atoms. The normalized spacial score (nSPS) is 15.6. The molecule has 1 aliphatic rings. The molecule has 1 atom stereocenters. The van der Waals surface area contributed by atoms with E-state index in [9.17, 15) is 14.4 Å². The van der Waals surface area contributed by atoms with Crippen LogP contribution in [0.2, 0.25) is 0 Å². The molecule has 1 fully saturated rings. The van der Waals surface area contributed by atoms with Crippen LogP contribution >= 0.6 is 0 Å². The number of likely N-dealkylation sites (N-methyl/N-ethyl adjacent to an activating group) is 1. The third-order valence-corrected chi connectivity index (χ3v) is 2.97. The summed E-state index contributed by atoms with van der Waals surface area (Å²) >= 11 is 0. The number of carbonyl (C=O) groups excluding carboxylic acids is 2. The smallest absolute Gasteiger partial charge is 0.326 e. The number of nitrogens with one attached hydrogen (secondary N) is 2. The van der Waals surface area contributed by atoms with Gasteiger partial charge in [-0.15, -0.1) is 0 Å². The summed E-state index contributed by atoms with van der Waals surface area (Å²) < 4.78 is 0. The molecule has 0 aromatic heterocycles. The second-order valence-corrected chi connectivity index (χ2v) is 5.67. The molecule has 0 saturated heterocycles. The molecule has 1 aliphatic carbocycles. The maximum atomic E-state index is 11.8. The Labute approximate surface area is 118 Å². The molecule has 0 unspecified atom stereocenters. The highest BCUT2D eigenvalue weighted by Gasteiger charge is 2.26. The summed E-state index contributed by atoms with van der Waals surface area (Å²) in [6, 6.07) is -1.24. The molecule has 114 valence electrons. The van der Waals surface area contributed by atoms with Crippen LogP contribution in [0, 0.1) is 5.92 Å². The van der Waals surface area contributed by atoms with Crippen LogP contribution < -0.4 is 10.6 Å². The molecular formula is C13H23N3O4. The fraction of sp³-hybridized carbons (Fsp3) is 0.769. The minimum Gasteiger partial charge on any atom is -0.480 e. The van der Waals surface area contributed by atoms with Gasteiger partial charge in [-0.2, -0.15) is 0 Å². The lowest BCUT2D eigenvalue weighted by Crippen LogP contribution is -2.49. The number of aliphatic carboxylic acids is 1. The summed E-state index contributed by atoms with van der Waals surface area (Å²) in [5, 5.41) is 14.2. The van der Waals surface area contributed by atoms with Crippen molar-refractivity contribution in [2.24, 2.45) is 5.92 Å². The number of carbonyl (C=O) groups is 3. The van der Waals surface area contributed by atoms with Gasteiger partial charge in [-0.1, -0.05) is 13.8 Å². The predicted molar refractivity (Wildman–Crippen MR) is 73.2 cm³/mol. The van der Waals surface area contributed by atoms with E-state index in [1.165, 1.54) is 11.9 Å². The van der Waals surface area contributed by atoms with Crippen molar-refractivity contribution in [3.8, 4) is 0 Å². The van der Waals surface area contributed by atoms with Gasteiger partial charge in [-0.25, -0.2) is 9.59 Å². The molecule has 1 saturated carbocycles. The zero-order chi connectivity index (χ0) is 15.3. The first kappa shape index (κ1) is 16.3. The van der Waals surface area contributed by atoms with Crippen molar-refractivity contribution in [1.29, 1.82) is 0 Å². The van der Waals surface area contributed by atoms with Crippen LogP contribution in [-0.4, -0.2) is 53.6 Å². The van der Waals surface area contributed by atoms with E-state index in [0.717, 1.165) is 12.8 Å². The Morgan fingerprint density at radius 1 is 1.30 bits per heavy atom. The molecule has 3 N–H and O–H groups in total. The Kier molecular flexibility index (Phi) is 5.79. The summed E-state index contributed by atoms with van der Waals surface area (Å²) in [6.45, 7) is 3.69. The first-order valence-electron chi connectivity index (χ1n) is 6.83. The minimum absolute atomic E-state index is 0.0731. The third kappa shape index (κ3) is 5.90. The summed E-state index contributed by atoms with van der Waals surface area (Å²) in [5.41, 5.74) is 0. The van der Waals surface area contributed by atoms with E-state index < -0.39 is 18.0 Å². The molecule has 7 nitrogen and oxygen atoms in total. The molecule has 7 heteroatoms. The number of carboxylic acid groups (broad SMARTS) is 1. The molecule has 0 heterocycles. The first-order chi connectivity index (χ1) is 9.29. The van der Waals surface area contributed by atoms with Gasteiger partial charge < -0.3 is 20.6 Å². The van der Waals surface area contributed by atoms with Gasteiger partial charge in [0, 0.05) is 13.1 Å². The van der Waals surface area contributed by atoms with Gasteiger partial charge in [-0.05, 0) is 25.2 Å². The van der Waals surface area contributed by atoms with Crippen LogP contribution in [0.5, 0.6) is 0 Å². The Bertz CT molecular complexity index is 380. The van der Waals surface area contributed by atoms with Crippen molar-refractivity contribution in [3.63, 3.8) is 0 Å². The molecule has 0 radical (unpaired) electrons. The van der Waals surface area contributed by atoms with Crippen LogP contribution in [0.1, 0.15) is 33.1 Å². The van der Waals surface area contributed by atoms with E-state index in [4.69, 9.17) is 5.11 Å². The Balaban J connectivity index is 2.41. The standard InChI is InChI=1S/C13H23N3O4/c1-8(2)6-10(12(18)19)15-13(20)16(3)7-11(17)14-9-4-5-9/h8-10H,4-7H2,1-3H3,(H,14,17)(H,15,20)(H,18,19)/t10-/m0/s1. The van der Waals surface area contributed by atoms with Crippen LogP contribution in [0.3, 0.4) is 0 Å². The highest BCUT2D eigenvalue weighted by atomic mass is 16.4. The number of carboxylic acids is 1. The monoisotopic (exact) mass is 285 g/mol. The van der Waals surface area contributed by atoms with Gasteiger partial charge in [-0.3, -0.25) is 4.79 Å². The van der Waals surface area contributed by atoms with Gasteiger partial charge in [0.15, 0.2) is 0 Å².